The number of oxazole rings is 1. The van der Waals surface area contributed by atoms with Crippen LogP contribution in [0.2, 0.25) is 0 Å². The van der Waals surface area contributed by atoms with Gasteiger partial charge in [-0.1, -0.05) is 6.07 Å². The summed E-state index contributed by atoms with van der Waals surface area (Å²) in [6.07, 6.45) is 0. The molecule has 0 radical (unpaired) electrons. The molecule has 4 aromatic rings. The lowest BCUT2D eigenvalue weighted by atomic mass is 10.2. The summed E-state index contributed by atoms with van der Waals surface area (Å²) in [6, 6.07) is 10.6. The minimum absolute atomic E-state index is 0.0353. The first-order chi connectivity index (χ1) is 13.9. The van der Waals surface area contributed by atoms with Crippen molar-refractivity contribution in [2.24, 2.45) is 0 Å². The predicted octanol–water partition coefficient (Wildman–Crippen LogP) is 1.43. The number of carbonyl (C=O) groups excluding carboxylic acids is 1. The summed E-state index contributed by atoms with van der Waals surface area (Å²) in [4.78, 5) is 34.8. The van der Waals surface area contributed by atoms with Gasteiger partial charge in [-0.05, 0) is 41.6 Å². The van der Waals surface area contributed by atoms with E-state index in [1.807, 2.05) is 0 Å². The van der Waals surface area contributed by atoms with Gasteiger partial charge in [-0.3, -0.25) is 19.5 Å². The molecule has 0 spiro atoms. The molecule has 0 aliphatic carbocycles. The van der Waals surface area contributed by atoms with Gasteiger partial charge in [-0.2, -0.15) is 4.68 Å². The summed E-state index contributed by atoms with van der Waals surface area (Å²) in [5.74, 6) is -0.675. The van der Waals surface area contributed by atoms with Crippen molar-refractivity contribution in [3.05, 3.63) is 69.0 Å². The molecular formula is C17H13N7O5. The summed E-state index contributed by atoms with van der Waals surface area (Å²) in [6.45, 7) is 1.42. The van der Waals surface area contributed by atoms with Crippen LogP contribution in [-0.2, 0) is 11.3 Å². The summed E-state index contributed by atoms with van der Waals surface area (Å²) in [5.41, 5.74) is 1.25. The number of aromatic nitrogens is 5. The average molecular weight is 395 g/mol. The molecule has 0 atom stereocenters. The monoisotopic (exact) mass is 395 g/mol. The second-order valence-electron chi connectivity index (χ2n) is 6.10. The molecule has 0 fully saturated rings. The van der Waals surface area contributed by atoms with E-state index in [0.29, 0.717) is 17.2 Å². The number of hydrogen-bond acceptors (Lipinski definition) is 8. The third-order valence-corrected chi connectivity index (χ3v) is 4.16. The van der Waals surface area contributed by atoms with E-state index in [4.69, 9.17) is 4.42 Å². The molecule has 146 valence electrons. The van der Waals surface area contributed by atoms with E-state index < -0.39 is 16.6 Å². The Morgan fingerprint density at radius 3 is 2.83 bits per heavy atom. The van der Waals surface area contributed by atoms with Crippen LogP contribution in [-0.4, -0.2) is 35.6 Å². The summed E-state index contributed by atoms with van der Waals surface area (Å²) < 4.78 is 7.63. The van der Waals surface area contributed by atoms with Crippen molar-refractivity contribution in [2.75, 3.05) is 5.32 Å². The smallest absolute Gasteiger partial charge is 0.407 e. The largest absolute Gasteiger partial charge is 0.420 e. The lowest BCUT2D eigenvalue weighted by Crippen LogP contribution is -2.24. The first-order valence-corrected chi connectivity index (χ1v) is 8.35. The van der Waals surface area contributed by atoms with Crippen molar-refractivity contribution in [1.29, 1.82) is 0 Å². The number of hydrogen-bond donors (Lipinski definition) is 1. The highest BCUT2D eigenvalue weighted by Gasteiger charge is 2.16. The van der Waals surface area contributed by atoms with Gasteiger partial charge in [0.15, 0.2) is 11.4 Å². The molecule has 4 rings (SSSR count). The van der Waals surface area contributed by atoms with Gasteiger partial charge in [0.05, 0.1) is 22.2 Å². The Morgan fingerprint density at radius 1 is 1.28 bits per heavy atom. The number of nitrogens with zero attached hydrogens (tertiary/aromatic N) is 6. The molecule has 0 saturated carbocycles. The van der Waals surface area contributed by atoms with Crippen LogP contribution in [0.4, 0.5) is 11.4 Å². The van der Waals surface area contributed by atoms with E-state index in [2.05, 4.69) is 20.8 Å². The van der Waals surface area contributed by atoms with Gasteiger partial charge in [-0.15, -0.1) is 5.10 Å². The summed E-state index contributed by atoms with van der Waals surface area (Å²) in [5, 5.41) is 24.8. The highest BCUT2D eigenvalue weighted by Crippen LogP contribution is 2.20. The quantitative estimate of drug-likeness (QED) is 0.393. The average Bonchev–Trinajstić information content (AvgIpc) is 3.24. The van der Waals surface area contributed by atoms with Crippen LogP contribution >= 0.6 is 0 Å². The number of rotatable bonds is 5. The summed E-state index contributed by atoms with van der Waals surface area (Å²) in [7, 11) is 0. The van der Waals surface area contributed by atoms with Crippen molar-refractivity contribution in [3.63, 3.8) is 0 Å². The minimum Gasteiger partial charge on any atom is -0.407 e. The highest BCUT2D eigenvalue weighted by molar-refractivity contribution is 5.91. The number of nitro benzene ring substituents is 1. The SMILES string of the molecule is Cc1nnnn1-c1cccc(NC(=O)Cn2c(=O)oc3cc([N+](=O)[O-])ccc32)c1. The van der Waals surface area contributed by atoms with E-state index in [9.17, 15) is 19.7 Å². The Hall–Kier alpha value is -4.35. The number of benzene rings is 2. The second-order valence-corrected chi connectivity index (χ2v) is 6.10. The lowest BCUT2D eigenvalue weighted by molar-refractivity contribution is -0.384. The number of anilines is 1. The first-order valence-electron chi connectivity index (χ1n) is 8.35. The molecule has 2 heterocycles. The van der Waals surface area contributed by atoms with Crippen LogP contribution < -0.4 is 11.1 Å². The fourth-order valence-corrected chi connectivity index (χ4v) is 2.85. The highest BCUT2D eigenvalue weighted by atomic mass is 16.6. The van der Waals surface area contributed by atoms with Crippen LogP contribution in [0, 0.1) is 17.0 Å². The second kappa shape index (κ2) is 6.99. The van der Waals surface area contributed by atoms with Crippen molar-refractivity contribution in [2.45, 2.75) is 13.5 Å². The van der Waals surface area contributed by atoms with Crippen LogP contribution in [0.1, 0.15) is 5.82 Å². The molecule has 0 unspecified atom stereocenters. The molecule has 1 N–H and O–H groups in total. The Balaban J connectivity index is 1.56. The Morgan fingerprint density at radius 2 is 2.10 bits per heavy atom. The molecule has 12 nitrogen and oxygen atoms in total. The maximum Gasteiger partial charge on any atom is 0.420 e. The fourth-order valence-electron chi connectivity index (χ4n) is 2.85. The van der Waals surface area contributed by atoms with Crippen LogP contribution in [0.25, 0.3) is 16.8 Å². The lowest BCUT2D eigenvalue weighted by Gasteiger charge is -2.08. The molecule has 1 amide bonds. The number of carbonyl (C=O) groups is 1. The van der Waals surface area contributed by atoms with Crippen LogP contribution in [0.5, 0.6) is 0 Å². The maximum atomic E-state index is 12.4. The number of nitrogens with one attached hydrogen (secondary N) is 1. The fraction of sp³-hybridized carbons (Fsp3) is 0.118. The van der Waals surface area contributed by atoms with Gasteiger partial charge < -0.3 is 9.73 Å². The van der Waals surface area contributed by atoms with Crippen molar-refractivity contribution in [3.8, 4) is 5.69 Å². The molecule has 0 aliphatic heterocycles. The summed E-state index contributed by atoms with van der Waals surface area (Å²) >= 11 is 0. The number of nitro groups is 1. The molecular weight excluding hydrogens is 382 g/mol. The molecule has 2 aromatic carbocycles. The van der Waals surface area contributed by atoms with E-state index >= 15 is 0 Å². The number of non-ortho nitro benzene ring substituents is 1. The number of fused-ring (bicyclic) bond motifs is 1. The van der Waals surface area contributed by atoms with E-state index in [-0.39, 0.29) is 23.3 Å². The zero-order chi connectivity index (χ0) is 20.5. The van der Waals surface area contributed by atoms with Gasteiger partial charge in [-0.25, -0.2) is 4.79 Å². The molecule has 0 aliphatic rings. The van der Waals surface area contributed by atoms with Crippen LogP contribution in [0.3, 0.4) is 0 Å². The van der Waals surface area contributed by atoms with Gasteiger partial charge in [0.2, 0.25) is 5.91 Å². The van der Waals surface area contributed by atoms with E-state index in [1.54, 1.807) is 31.2 Å². The van der Waals surface area contributed by atoms with Gasteiger partial charge in [0.25, 0.3) is 5.69 Å². The molecule has 0 bridgehead atoms. The first kappa shape index (κ1) is 18.0. The van der Waals surface area contributed by atoms with Crippen molar-refractivity contribution in [1.82, 2.24) is 24.8 Å². The van der Waals surface area contributed by atoms with E-state index in [1.165, 1.54) is 16.8 Å². The number of amides is 1. The molecule has 2 aromatic heterocycles. The Labute approximate surface area is 161 Å². The zero-order valence-electron chi connectivity index (χ0n) is 15.0. The standard InChI is InChI=1S/C17H13N7O5/c1-10-19-20-21-23(10)12-4-2-3-11(7-12)18-16(25)9-22-14-6-5-13(24(27)28)8-15(14)29-17(22)26/h2-8H,9H2,1H3,(H,18,25). The van der Waals surface area contributed by atoms with Crippen LogP contribution in [0.15, 0.2) is 51.7 Å². The van der Waals surface area contributed by atoms with E-state index in [0.717, 1.165) is 10.6 Å². The third kappa shape index (κ3) is 3.45. The third-order valence-electron chi connectivity index (χ3n) is 4.16. The van der Waals surface area contributed by atoms with Gasteiger partial charge >= 0.3 is 5.76 Å². The number of tetrazole rings is 1. The zero-order valence-corrected chi connectivity index (χ0v) is 15.0. The Bertz CT molecular complexity index is 1300. The minimum atomic E-state index is -0.784. The normalized spacial score (nSPS) is 10.9. The predicted molar refractivity (Wildman–Crippen MR) is 99.6 cm³/mol. The van der Waals surface area contributed by atoms with Crippen molar-refractivity contribution < 1.29 is 14.1 Å². The Kier molecular flexibility index (Phi) is 4.35. The van der Waals surface area contributed by atoms with Gasteiger partial charge in [0, 0.05) is 11.8 Å². The maximum absolute atomic E-state index is 12.4. The van der Waals surface area contributed by atoms with Crippen molar-refractivity contribution >= 4 is 28.4 Å². The molecule has 0 saturated heterocycles. The van der Waals surface area contributed by atoms with Gasteiger partial charge in [0.1, 0.15) is 6.54 Å². The number of aryl methyl sites for hydroxylation is 1. The molecule has 29 heavy (non-hydrogen) atoms. The molecule has 12 heteroatoms. The topological polar surface area (TPSA) is 151 Å².